The van der Waals surface area contributed by atoms with Crippen LogP contribution in [0.5, 0.6) is 5.75 Å². The highest BCUT2D eigenvalue weighted by Crippen LogP contribution is 2.33. The lowest BCUT2D eigenvalue weighted by molar-refractivity contribution is -0.123. The van der Waals surface area contributed by atoms with Crippen molar-refractivity contribution in [3.63, 3.8) is 0 Å². The number of nitrogens with one attached hydrogen (secondary N) is 2. The Bertz CT molecular complexity index is 945. The molecule has 2 aromatic rings. The molecule has 0 saturated carbocycles. The third kappa shape index (κ3) is 5.52. The summed E-state index contributed by atoms with van der Waals surface area (Å²) in [4.78, 5) is 29.3. The van der Waals surface area contributed by atoms with Gasteiger partial charge in [0, 0.05) is 17.1 Å². The van der Waals surface area contributed by atoms with Crippen molar-refractivity contribution in [3.05, 3.63) is 53.1 Å². The molecule has 6 nitrogen and oxygen atoms in total. The number of ether oxygens (including phenoxy) is 1. The zero-order valence-corrected chi connectivity index (χ0v) is 17.9. The van der Waals surface area contributed by atoms with E-state index in [0.717, 1.165) is 0 Å². The number of amides is 2. The fraction of sp³-hybridized carbons (Fsp3) is 0.286. The van der Waals surface area contributed by atoms with Crippen molar-refractivity contribution in [1.29, 1.82) is 0 Å². The second-order valence-corrected chi connectivity index (χ2v) is 8.49. The van der Waals surface area contributed by atoms with E-state index in [9.17, 15) is 9.59 Å². The molecule has 1 saturated heterocycles. The maximum atomic E-state index is 12.7. The van der Waals surface area contributed by atoms with Gasteiger partial charge in [0.25, 0.3) is 0 Å². The summed E-state index contributed by atoms with van der Waals surface area (Å²) in [7, 11) is 1.53. The van der Waals surface area contributed by atoms with Gasteiger partial charge < -0.3 is 15.4 Å². The zero-order valence-electron chi connectivity index (χ0n) is 16.4. The van der Waals surface area contributed by atoms with Crippen LogP contribution in [0.4, 0.5) is 11.4 Å². The van der Waals surface area contributed by atoms with E-state index in [1.807, 2.05) is 24.3 Å². The third-order valence-electron chi connectivity index (χ3n) is 4.37. The first-order chi connectivity index (χ1) is 13.9. The first-order valence-electron chi connectivity index (χ1n) is 9.15. The highest BCUT2D eigenvalue weighted by molar-refractivity contribution is 8.15. The van der Waals surface area contributed by atoms with Crippen molar-refractivity contribution in [1.82, 2.24) is 5.32 Å². The summed E-state index contributed by atoms with van der Waals surface area (Å²) in [6.07, 6.45) is 0.0757. The molecule has 2 aromatic carbocycles. The molecule has 0 bridgehead atoms. The molecule has 152 valence electrons. The standard InChI is InChI=1S/C21H22ClN3O3S/c1-12(2)13-4-7-15(8-5-13)23-20(27)18-11-19(26)25-21(29-18)24-16-10-14(22)6-9-17(16)28-3/h4-10,12,18H,11H2,1-3H3,(H,23,27)(H,24,25,26). The number of carbonyl (C=O) groups is 2. The number of hydrogen-bond donors (Lipinski definition) is 2. The number of rotatable bonds is 5. The van der Waals surface area contributed by atoms with Gasteiger partial charge in [0.15, 0.2) is 5.17 Å². The quantitative estimate of drug-likeness (QED) is 0.717. The molecule has 0 spiro atoms. The number of amidine groups is 1. The van der Waals surface area contributed by atoms with E-state index in [1.54, 1.807) is 18.2 Å². The molecule has 8 heteroatoms. The highest BCUT2D eigenvalue weighted by Gasteiger charge is 2.30. The fourth-order valence-corrected chi connectivity index (χ4v) is 3.94. The molecule has 1 aliphatic rings. The SMILES string of the molecule is COc1ccc(Cl)cc1N=C1NC(=O)CC(C(=O)Nc2ccc(C(C)C)cc2)S1. The molecule has 0 aromatic heterocycles. The molecule has 0 aliphatic carbocycles. The number of carbonyl (C=O) groups excluding carboxylic acids is 2. The van der Waals surface area contributed by atoms with Crippen LogP contribution >= 0.6 is 23.4 Å². The Morgan fingerprint density at radius 2 is 2.00 bits per heavy atom. The smallest absolute Gasteiger partial charge is 0.238 e. The Balaban J connectivity index is 1.74. The van der Waals surface area contributed by atoms with E-state index in [1.165, 1.54) is 24.4 Å². The van der Waals surface area contributed by atoms with Gasteiger partial charge in [0.2, 0.25) is 11.8 Å². The predicted molar refractivity (Wildman–Crippen MR) is 118 cm³/mol. The van der Waals surface area contributed by atoms with Crippen molar-refractivity contribution in [3.8, 4) is 5.75 Å². The predicted octanol–water partition coefficient (Wildman–Crippen LogP) is 4.72. The molecule has 2 amide bonds. The van der Waals surface area contributed by atoms with Crippen molar-refractivity contribution in [2.24, 2.45) is 4.99 Å². The summed E-state index contributed by atoms with van der Waals surface area (Å²) >= 11 is 7.23. The first-order valence-corrected chi connectivity index (χ1v) is 10.4. The molecular weight excluding hydrogens is 410 g/mol. The second-order valence-electron chi connectivity index (χ2n) is 6.86. The van der Waals surface area contributed by atoms with Gasteiger partial charge in [-0.2, -0.15) is 0 Å². The van der Waals surface area contributed by atoms with E-state index in [0.29, 0.717) is 33.2 Å². The van der Waals surface area contributed by atoms with Crippen molar-refractivity contribution in [2.45, 2.75) is 31.4 Å². The summed E-state index contributed by atoms with van der Waals surface area (Å²) < 4.78 is 5.28. The van der Waals surface area contributed by atoms with E-state index in [2.05, 4.69) is 29.5 Å². The highest BCUT2D eigenvalue weighted by atomic mass is 35.5. The lowest BCUT2D eigenvalue weighted by atomic mass is 10.0. The van der Waals surface area contributed by atoms with Crippen LogP contribution in [0.25, 0.3) is 0 Å². The van der Waals surface area contributed by atoms with Crippen LogP contribution in [0.3, 0.4) is 0 Å². The van der Waals surface area contributed by atoms with Crippen molar-refractivity contribution >= 4 is 51.7 Å². The third-order valence-corrected chi connectivity index (χ3v) is 5.69. The Labute approximate surface area is 179 Å². The van der Waals surface area contributed by atoms with E-state index >= 15 is 0 Å². The molecule has 1 atom stereocenters. The largest absolute Gasteiger partial charge is 0.494 e. The number of benzene rings is 2. The molecule has 1 aliphatic heterocycles. The lowest BCUT2D eigenvalue weighted by Crippen LogP contribution is -2.41. The molecule has 1 fully saturated rings. The Morgan fingerprint density at radius 1 is 1.28 bits per heavy atom. The minimum atomic E-state index is -0.586. The summed E-state index contributed by atoms with van der Waals surface area (Å²) in [5, 5.41) is 5.82. The number of halogens is 1. The second kappa shape index (κ2) is 9.33. The van der Waals surface area contributed by atoms with Gasteiger partial charge in [-0.25, -0.2) is 4.99 Å². The molecule has 1 heterocycles. The minimum absolute atomic E-state index is 0.0757. The van der Waals surface area contributed by atoms with Crippen molar-refractivity contribution < 1.29 is 14.3 Å². The molecule has 0 radical (unpaired) electrons. The number of nitrogens with zero attached hydrogens (tertiary/aromatic N) is 1. The maximum Gasteiger partial charge on any atom is 0.238 e. The maximum absolute atomic E-state index is 12.7. The number of hydrogen-bond acceptors (Lipinski definition) is 5. The van der Waals surface area contributed by atoms with Crippen LogP contribution in [-0.4, -0.2) is 29.3 Å². The topological polar surface area (TPSA) is 79.8 Å². The van der Waals surface area contributed by atoms with Gasteiger partial charge in [-0.15, -0.1) is 0 Å². The van der Waals surface area contributed by atoms with Crippen LogP contribution in [0.1, 0.15) is 31.7 Å². The molecule has 3 rings (SSSR count). The number of anilines is 1. The molecule has 29 heavy (non-hydrogen) atoms. The van der Waals surface area contributed by atoms with E-state index in [4.69, 9.17) is 16.3 Å². The van der Waals surface area contributed by atoms with Gasteiger partial charge in [-0.05, 0) is 41.8 Å². The van der Waals surface area contributed by atoms with Gasteiger partial charge in [-0.3, -0.25) is 9.59 Å². The molecule has 1 unspecified atom stereocenters. The van der Waals surface area contributed by atoms with Crippen LogP contribution in [-0.2, 0) is 9.59 Å². The summed E-state index contributed by atoms with van der Waals surface area (Å²) in [5.74, 6) is 0.430. The fourth-order valence-electron chi connectivity index (χ4n) is 2.78. The van der Waals surface area contributed by atoms with Crippen LogP contribution in [0, 0.1) is 0 Å². The minimum Gasteiger partial charge on any atom is -0.494 e. The number of methoxy groups -OCH3 is 1. The summed E-state index contributed by atoms with van der Waals surface area (Å²) in [6, 6.07) is 12.7. The molecule has 2 N–H and O–H groups in total. The van der Waals surface area contributed by atoms with Crippen LogP contribution < -0.4 is 15.4 Å². The van der Waals surface area contributed by atoms with Crippen LogP contribution in [0.2, 0.25) is 5.02 Å². The normalized spacial score (nSPS) is 17.9. The van der Waals surface area contributed by atoms with Gasteiger partial charge in [-0.1, -0.05) is 49.3 Å². The summed E-state index contributed by atoms with van der Waals surface area (Å²) in [6.45, 7) is 4.22. The lowest BCUT2D eigenvalue weighted by Gasteiger charge is -2.22. The first kappa shape index (κ1) is 21.2. The van der Waals surface area contributed by atoms with E-state index in [-0.39, 0.29) is 18.2 Å². The molecular formula is C21H22ClN3O3S. The van der Waals surface area contributed by atoms with Gasteiger partial charge in [0.05, 0.1) is 7.11 Å². The zero-order chi connectivity index (χ0) is 21.0. The van der Waals surface area contributed by atoms with Crippen molar-refractivity contribution in [2.75, 3.05) is 12.4 Å². The van der Waals surface area contributed by atoms with Gasteiger partial charge in [0.1, 0.15) is 16.7 Å². The summed E-state index contributed by atoms with van der Waals surface area (Å²) in [5.41, 5.74) is 2.37. The Hall–Kier alpha value is -2.51. The Morgan fingerprint density at radius 3 is 2.66 bits per heavy atom. The van der Waals surface area contributed by atoms with E-state index < -0.39 is 5.25 Å². The van der Waals surface area contributed by atoms with Gasteiger partial charge >= 0.3 is 0 Å². The number of thioether (sulfide) groups is 1. The Kier molecular flexibility index (Phi) is 6.82. The average Bonchev–Trinajstić information content (AvgIpc) is 2.68. The monoisotopic (exact) mass is 431 g/mol. The number of aliphatic imine (C=N–C) groups is 1. The van der Waals surface area contributed by atoms with Crippen LogP contribution in [0.15, 0.2) is 47.5 Å². The average molecular weight is 432 g/mol.